The van der Waals surface area contributed by atoms with Crippen molar-refractivity contribution in [2.75, 3.05) is 6.54 Å². The second kappa shape index (κ2) is 7.26. The molecule has 2 aromatic carbocycles. The lowest BCUT2D eigenvalue weighted by molar-refractivity contribution is -0.113. The van der Waals surface area contributed by atoms with Gasteiger partial charge in [0, 0.05) is 12.3 Å². The summed E-state index contributed by atoms with van der Waals surface area (Å²) in [6.45, 7) is 1.67. The Kier molecular flexibility index (Phi) is 4.88. The molecule has 0 aliphatic carbocycles. The van der Waals surface area contributed by atoms with E-state index in [1.807, 2.05) is 0 Å². The van der Waals surface area contributed by atoms with Crippen molar-refractivity contribution in [1.82, 2.24) is 5.32 Å². The third-order valence-electron chi connectivity index (χ3n) is 3.59. The summed E-state index contributed by atoms with van der Waals surface area (Å²) >= 11 is 0. The number of rotatable bonds is 4. The molecule has 1 aliphatic heterocycles. The van der Waals surface area contributed by atoms with E-state index in [4.69, 9.17) is 4.74 Å². The van der Waals surface area contributed by atoms with E-state index in [1.165, 1.54) is 36.6 Å². The largest absolute Gasteiger partial charge is 0.456 e. The fourth-order valence-electron chi connectivity index (χ4n) is 2.37. The molecule has 3 rings (SSSR count). The van der Waals surface area contributed by atoms with Crippen LogP contribution in [0.1, 0.15) is 15.9 Å². The molecule has 0 atom stereocenters. The van der Waals surface area contributed by atoms with Crippen LogP contribution in [0.5, 0.6) is 11.5 Å². The summed E-state index contributed by atoms with van der Waals surface area (Å²) in [5.74, 6) is -1.52. The van der Waals surface area contributed by atoms with Gasteiger partial charge in [-0.2, -0.15) is 0 Å². The standard InChI is InChI=1S/C19H14F2N2O3/c1-11-6-12(20)2-4-17(11)26-18-5-3-13(21)7-16(18)19(25)23-14-8-15(24)10-22-9-14/h2-9H,10H2,1H3,(H,23,25). The van der Waals surface area contributed by atoms with Gasteiger partial charge in [0.05, 0.1) is 11.3 Å². The van der Waals surface area contributed by atoms with Crippen LogP contribution in [0.3, 0.4) is 0 Å². The van der Waals surface area contributed by atoms with Crippen molar-refractivity contribution >= 4 is 17.9 Å². The Morgan fingerprint density at radius 2 is 1.81 bits per heavy atom. The molecule has 26 heavy (non-hydrogen) atoms. The van der Waals surface area contributed by atoms with Gasteiger partial charge in [0.1, 0.15) is 29.7 Å². The monoisotopic (exact) mass is 356 g/mol. The summed E-state index contributed by atoms with van der Waals surface area (Å²) in [4.78, 5) is 27.7. The second-order valence-electron chi connectivity index (χ2n) is 5.64. The minimum Gasteiger partial charge on any atom is -0.456 e. The fraction of sp³-hybridized carbons (Fsp3) is 0.105. The Hall–Kier alpha value is -3.35. The van der Waals surface area contributed by atoms with Crippen molar-refractivity contribution in [2.45, 2.75) is 6.92 Å². The smallest absolute Gasteiger partial charge is 0.259 e. The molecule has 0 aromatic heterocycles. The van der Waals surface area contributed by atoms with Crippen molar-refractivity contribution in [2.24, 2.45) is 4.99 Å². The van der Waals surface area contributed by atoms with Crippen LogP contribution < -0.4 is 10.1 Å². The zero-order valence-electron chi connectivity index (χ0n) is 13.8. The normalized spacial score (nSPS) is 13.3. The molecule has 132 valence electrons. The molecule has 0 fully saturated rings. The summed E-state index contributed by atoms with van der Waals surface area (Å²) < 4.78 is 32.5. The summed E-state index contributed by atoms with van der Waals surface area (Å²) in [6, 6.07) is 7.40. The first-order valence-corrected chi connectivity index (χ1v) is 7.71. The molecule has 2 aromatic rings. The average molecular weight is 356 g/mol. The average Bonchev–Trinajstić information content (AvgIpc) is 2.58. The number of hydrogen-bond acceptors (Lipinski definition) is 4. The summed E-state index contributed by atoms with van der Waals surface area (Å²) in [5.41, 5.74) is 0.661. The highest BCUT2D eigenvalue weighted by molar-refractivity contribution is 6.06. The summed E-state index contributed by atoms with van der Waals surface area (Å²) in [6.07, 6.45) is 2.60. The van der Waals surface area contributed by atoms with Crippen LogP contribution in [-0.4, -0.2) is 24.4 Å². The molecule has 1 amide bonds. The first kappa shape index (κ1) is 17.5. The number of dihydropyridines is 1. The van der Waals surface area contributed by atoms with E-state index in [1.54, 1.807) is 6.92 Å². The quantitative estimate of drug-likeness (QED) is 0.914. The number of benzene rings is 2. The lowest BCUT2D eigenvalue weighted by Gasteiger charge is -2.14. The summed E-state index contributed by atoms with van der Waals surface area (Å²) in [7, 11) is 0. The number of nitrogens with zero attached hydrogens (tertiary/aromatic N) is 1. The maximum Gasteiger partial charge on any atom is 0.259 e. The number of allylic oxidation sites excluding steroid dienone is 1. The number of amides is 1. The Bertz CT molecular complexity index is 952. The molecule has 5 nitrogen and oxygen atoms in total. The lowest BCUT2D eigenvalue weighted by atomic mass is 10.1. The van der Waals surface area contributed by atoms with E-state index in [0.717, 1.165) is 12.1 Å². The van der Waals surface area contributed by atoms with Crippen LogP contribution >= 0.6 is 0 Å². The lowest BCUT2D eigenvalue weighted by Crippen LogP contribution is -2.26. The third-order valence-corrected chi connectivity index (χ3v) is 3.59. The number of halogens is 2. The number of carbonyl (C=O) groups excluding carboxylic acids is 2. The molecule has 0 saturated heterocycles. The number of nitrogens with one attached hydrogen (secondary N) is 1. The number of hydrogen-bond donors (Lipinski definition) is 1. The highest BCUT2D eigenvalue weighted by Gasteiger charge is 2.17. The van der Waals surface area contributed by atoms with Crippen molar-refractivity contribution in [3.63, 3.8) is 0 Å². The highest BCUT2D eigenvalue weighted by Crippen LogP contribution is 2.29. The van der Waals surface area contributed by atoms with Crippen LogP contribution in [0.15, 0.2) is 53.2 Å². The second-order valence-corrected chi connectivity index (χ2v) is 5.64. The van der Waals surface area contributed by atoms with Gasteiger partial charge in [-0.3, -0.25) is 14.6 Å². The van der Waals surface area contributed by atoms with Crippen molar-refractivity contribution < 1.29 is 23.1 Å². The van der Waals surface area contributed by atoms with E-state index >= 15 is 0 Å². The minimum absolute atomic E-state index is 0.0253. The molecule has 0 spiro atoms. The Morgan fingerprint density at radius 3 is 2.50 bits per heavy atom. The number of aryl methyl sites for hydroxylation is 1. The molecule has 1 N–H and O–H groups in total. The number of carbonyl (C=O) groups is 2. The topological polar surface area (TPSA) is 67.8 Å². The first-order chi connectivity index (χ1) is 12.4. The van der Waals surface area contributed by atoms with Crippen LogP contribution in [0.4, 0.5) is 8.78 Å². The van der Waals surface area contributed by atoms with Gasteiger partial charge in [0.15, 0.2) is 5.78 Å². The van der Waals surface area contributed by atoms with Gasteiger partial charge in [-0.1, -0.05) is 0 Å². The van der Waals surface area contributed by atoms with Gasteiger partial charge in [-0.15, -0.1) is 0 Å². The summed E-state index contributed by atoms with van der Waals surface area (Å²) in [5, 5.41) is 2.49. The minimum atomic E-state index is -0.660. The van der Waals surface area contributed by atoms with Crippen LogP contribution in [0.2, 0.25) is 0 Å². The van der Waals surface area contributed by atoms with Crippen LogP contribution in [-0.2, 0) is 4.79 Å². The first-order valence-electron chi connectivity index (χ1n) is 7.71. The maximum absolute atomic E-state index is 13.6. The Balaban J connectivity index is 1.89. The molecule has 7 heteroatoms. The number of aliphatic imine (C=N–C) groups is 1. The number of ether oxygens (including phenoxy) is 1. The van der Waals surface area contributed by atoms with Gasteiger partial charge >= 0.3 is 0 Å². The molecule has 0 saturated carbocycles. The molecule has 1 aliphatic rings. The maximum atomic E-state index is 13.6. The van der Waals surface area contributed by atoms with Gasteiger partial charge in [0.25, 0.3) is 5.91 Å². The van der Waals surface area contributed by atoms with E-state index in [2.05, 4.69) is 10.3 Å². The third kappa shape index (κ3) is 4.00. The van der Waals surface area contributed by atoms with E-state index in [-0.39, 0.29) is 29.3 Å². The van der Waals surface area contributed by atoms with Crippen molar-refractivity contribution in [3.05, 3.63) is 70.9 Å². The SMILES string of the molecule is Cc1cc(F)ccc1Oc1ccc(F)cc1C(=O)NC1=CC(=O)CN=C1. The van der Waals surface area contributed by atoms with E-state index in [0.29, 0.717) is 11.3 Å². The van der Waals surface area contributed by atoms with Crippen molar-refractivity contribution in [1.29, 1.82) is 0 Å². The predicted molar refractivity (Wildman–Crippen MR) is 91.5 cm³/mol. The number of ketones is 1. The van der Waals surface area contributed by atoms with Crippen LogP contribution in [0, 0.1) is 18.6 Å². The van der Waals surface area contributed by atoms with Crippen LogP contribution in [0.25, 0.3) is 0 Å². The van der Waals surface area contributed by atoms with Crippen molar-refractivity contribution in [3.8, 4) is 11.5 Å². The molecular weight excluding hydrogens is 342 g/mol. The molecular formula is C19H14F2N2O3. The van der Waals surface area contributed by atoms with Gasteiger partial charge in [-0.05, 0) is 48.9 Å². The molecule has 0 bridgehead atoms. The predicted octanol–water partition coefficient (Wildman–Crippen LogP) is 3.33. The fourth-order valence-corrected chi connectivity index (χ4v) is 2.37. The highest BCUT2D eigenvalue weighted by atomic mass is 19.1. The van der Waals surface area contributed by atoms with Gasteiger partial charge in [-0.25, -0.2) is 8.78 Å². The molecule has 0 radical (unpaired) electrons. The van der Waals surface area contributed by atoms with E-state index in [9.17, 15) is 18.4 Å². The van der Waals surface area contributed by atoms with E-state index < -0.39 is 17.5 Å². The van der Waals surface area contributed by atoms with Gasteiger partial charge in [0.2, 0.25) is 0 Å². The molecule has 1 heterocycles. The Morgan fingerprint density at radius 1 is 1.12 bits per heavy atom. The molecule has 0 unspecified atom stereocenters. The Labute approximate surface area is 148 Å². The zero-order valence-corrected chi connectivity index (χ0v) is 13.8. The zero-order chi connectivity index (χ0) is 18.7. The van der Waals surface area contributed by atoms with Gasteiger partial charge < -0.3 is 10.1 Å².